The average Bonchev–Trinajstić information content (AvgIpc) is 2.29. The van der Waals surface area contributed by atoms with Crippen molar-refractivity contribution in [3.63, 3.8) is 0 Å². The van der Waals surface area contributed by atoms with Crippen molar-refractivity contribution in [1.82, 2.24) is 0 Å². The molecule has 0 bridgehead atoms. The molecule has 0 aromatic heterocycles. The van der Waals surface area contributed by atoms with Gasteiger partial charge < -0.3 is 9.47 Å². The van der Waals surface area contributed by atoms with Crippen molar-refractivity contribution in [2.75, 3.05) is 13.7 Å². The first-order valence-electron chi connectivity index (χ1n) is 4.41. The van der Waals surface area contributed by atoms with Gasteiger partial charge in [-0.2, -0.15) is 0 Å². The molecule has 1 aromatic carbocycles. The van der Waals surface area contributed by atoms with Crippen molar-refractivity contribution < 1.29 is 23.0 Å². The summed E-state index contributed by atoms with van der Waals surface area (Å²) in [6.07, 6.45) is 1.42. The Bertz CT molecular complexity index is 416. The molecule has 0 atom stereocenters. The summed E-state index contributed by atoms with van der Waals surface area (Å²) in [6, 6.07) is 2.04. The Hall–Kier alpha value is -1.91. The number of carbonyl (C=O) groups excluding carboxylic acids is 1. The number of hydrogen-bond acceptors (Lipinski definition) is 3. The Morgan fingerprint density at radius 3 is 2.75 bits per heavy atom. The zero-order valence-electron chi connectivity index (χ0n) is 8.63. The van der Waals surface area contributed by atoms with Gasteiger partial charge in [0.15, 0.2) is 11.6 Å². The smallest absolute Gasteiger partial charge is 0.344 e. The van der Waals surface area contributed by atoms with E-state index in [0.717, 1.165) is 19.2 Å². The third kappa shape index (κ3) is 2.36. The third-order valence-electron chi connectivity index (χ3n) is 1.80. The van der Waals surface area contributed by atoms with Gasteiger partial charge in [-0.15, -0.1) is 0 Å². The first kappa shape index (κ1) is 12.2. The van der Waals surface area contributed by atoms with Gasteiger partial charge in [-0.3, -0.25) is 0 Å². The fourth-order valence-corrected chi connectivity index (χ4v) is 1.09. The molecular formula is C11H10F2O3. The lowest BCUT2D eigenvalue weighted by Gasteiger charge is -2.09. The van der Waals surface area contributed by atoms with Gasteiger partial charge in [0.05, 0.1) is 7.11 Å². The van der Waals surface area contributed by atoms with Crippen LogP contribution in [0.25, 0.3) is 0 Å². The molecule has 0 amide bonds. The molecule has 1 rings (SSSR count). The standard InChI is InChI=1S/C11H10F2O3/c1-3-6-16-8-5-4-7(12)10(13)9(8)11(14)15-2/h3-5H,1,6H2,2H3. The number of benzene rings is 1. The summed E-state index contributed by atoms with van der Waals surface area (Å²) < 4.78 is 35.6. The van der Waals surface area contributed by atoms with E-state index in [0.29, 0.717) is 0 Å². The van der Waals surface area contributed by atoms with Crippen LogP contribution in [-0.2, 0) is 4.74 Å². The SMILES string of the molecule is C=CCOc1ccc(F)c(F)c1C(=O)OC. The van der Waals surface area contributed by atoms with Crippen LogP contribution in [0.4, 0.5) is 8.78 Å². The van der Waals surface area contributed by atoms with E-state index in [2.05, 4.69) is 11.3 Å². The summed E-state index contributed by atoms with van der Waals surface area (Å²) in [5.74, 6) is -3.48. The van der Waals surface area contributed by atoms with E-state index in [1.807, 2.05) is 0 Å². The number of methoxy groups -OCH3 is 1. The van der Waals surface area contributed by atoms with Gasteiger partial charge in [0.1, 0.15) is 17.9 Å². The molecule has 0 saturated heterocycles. The number of rotatable bonds is 4. The molecule has 0 aliphatic rings. The number of hydrogen-bond donors (Lipinski definition) is 0. The van der Waals surface area contributed by atoms with Crippen LogP contribution in [0.5, 0.6) is 5.75 Å². The molecule has 0 N–H and O–H groups in total. The highest BCUT2D eigenvalue weighted by Gasteiger charge is 2.21. The van der Waals surface area contributed by atoms with E-state index >= 15 is 0 Å². The van der Waals surface area contributed by atoms with Crippen LogP contribution < -0.4 is 4.74 Å². The molecular weight excluding hydrogens is 218 g/mol. The van der Waals surface area contributed by atoms with E-state index in [-0.39, 0.29) is 12.4 Å². The van der Waals surface area contributed by atoms with Crippen LogP contribution in [0.2, 0.25) is 0 Å². The van der Waals surface area contributed by atoms with Crippen molar-refractivity contribution in [2.24, 2.45) is 0 Å². The van der Waals surface area contributed by atoms with Crippen LogP contribution in [0, 0.1) is 11.6 Å². The summed E-state index contributed by atoms with van der Waals surface area (Å²) in [5, 5.41) is 0. The molecule has 0 saturated carbocycles. The van der Waals surface area contributed by atoms with Crippen LogP contribution in [0.1, 0.15) is 10.4 Å². The zero-order valence-corrected chi connectivity index (χ0v) is 8.63. The Morgan fingerprint density at radius 1 is 1.50 bits per heavy atom. The van der Waals surface area contributed by atoms with Gasteiger partial charge in [0.25, 0.3) is 0 Å². The van der Waals surface area contributed by atoms with E-state index < -0.39 is 23.2 Å². The van der Waals surface area contributed by atoms with Crippen LogP contribution in [0.15, 0.2) is 24.8 Å². The monoisotopic (exact) mass is 228 g/mol. The van der Waals surface area contributed by atoms with Gasteiger partial charge in [0, 0.05) is 0 Å². The number of halogens is 2. The van der Waals surface area contributed by atoms with Gasteiger partial charge >= 0.3 is 5.97 Å². The first-order valence-corrected chi connectivity index (χ1v) is 4.41. The second-order valence-electron chi connectivity index (χ2n) is 2.83. The predicted molar refractivity (Wildman–Crippen MR) is 53.4 cm³/mol. The minimum atomic E-state index is -1.28. The van der Waals surface area contributed by atoms with Crippen LogP contribution in [0.3, 0.4) is 0 Å². The number of esters is 1. The van der Waals surface area contributed by atoms with Crippen LogP contribution in [-0.4, -0.2) is 19.7 Å². The second kappa shape index (κ2) is 5.25. The minimum absolute atomic E-state index is 0.0781. The maximum absolute atomic E-state index is 13.3. The van der Waals surface area contributed by atoms with Gasteiger partial charge in [-0.05, 0) is 12.1 Å². The highest BCUT2D eigenvalue weighted by Crippen LogP contribution is 2.24. The lowest BCUT2D eigenvalue weighted by Crippen LogP contribution is -2.10. The highest BCUT2D eigenvalue weighted by molar-refractivity contribution is 5.92. The first-order chi connectivity index (χ1) is 7.61. The van der Waals surface area contributed by atoms with Crippen molar-refractivity contribution >= 4 is 5.97 Å². The summed E-state index contributed by atoms with van der Waals surface area (Å²) in [6.45, 7) is 3.48. The Labute approximate surface area is 91.3 Å². The lowest BCUT2D eigenvalue weighted by atomic mass is 10.2. The van der Waals surface area contributed by atoms with Crippen molar-refractivity contribution in [3.05, 3.63) is 42.0 Å². The van der Waals surface area contributed by atoms with Gasteiger partial charge in [0.2, 0.25) is 0 Å². The molecule has 16 heavy (non-hydrogen) atoms. The molecule has 0 fully saturated rings. The fourth-order valence-electron chi connectivity index (χ4n) is 1.09. The second-order valence-corrected chi connectivity index (χ2v) is 2.83. The highest BCUT2D eigenvalue weighted by atomic mass is 19.2. The van der Waals surface area contributed by atoms with E-state index in [1.165, 1.54) is 6.08 Å². The molecule has 0 radical (unpaired) electrons. The minimum Gasteiger partial charge on any atom is -0.489 e. The molecule has 0 heterocycles. The summed E-state index contributed by atoms with van der Waals surface area (Å²) >= 11 is 0. The molecule has 0 aliphatic heterocycles. The number of ether oxygens (including phenoxy) is 2. The van der Waals surface area contributed by atoms with Crippen LogP contribution >= 0.6 is 0 Å². The summed E-state index contributed by atoms with van der Waals surface area (Å²) in [7, 11) is 1.07. The maximum Gasteiger partial charge on any atom is 0.344 e. The average molecular weight is 228 g/mol. The summed E-state index contributed by atoms with van der Waals surface area (Å²) in [4.78, 5) is 11.2. The molecule has 0 unspecified atom stereocenters. The van der Waals surface area contributed by atoms with Crippen molar-refractivity contribution in [1.29, 1.82) is 0 Å². The fraction of sp³-hybridized carbons (Fsp3) is 0.182. The van der Waals surface area contributed by atoms with E-state index in [9.17, 15) is 13.6 Å². The molecule has 5 heteroatoms. The topological polar surface area (TPSA) is 35.5 Å². The molecule has 3 nitrogen and oxygen atoms in total. The Morgan fingerprint density at radius 2 is 2.19 bits per heavy atom. The van der Waals surface area contributed by atoms with Gasteiger partial charge in [-0.25, -0.2) is 13.6 Å². The summed E-state index contributed by atoms with van der Waals surface area (Å²) in [5.41, 5.74) is -0.552. The molecule has 86 valence electrons. The van der Waals surface area contributed by atoms with Crippen molar-refractivity contribution in [3.8, 4) is 5.75 Å². The largest absolute Gasteiger partial charge is 0.489 e. The van der Waals surface area contributed by atoms with E-state index in [4.69, 9.17) is 4.74 Å². The number of carbonyl (C=O) groups is 1. The third-order valence-corrected chi connectivity index (χ3v) is 1.80. The Balaban J connectivity index is 3.21. The van der Waals surface area contributed by atoms with Gasteiger partial charge in [-0.1, -0.05) is 12.7 Å². The molecule has 1 aromatic rings. The normalized spacial score (nSPS) is 9.69. The Kier molecular flexibility index (Phi) is 3.99. The quantitative estimate of drug-likeness (QED) is 0.586. The molecule has 0 aliphatic carbocycles. The zero-order chi connectivity index (χ0) is 12.1. The van der Waals surface area contributed by atoms with E-state index in [1.54, 1.807) is 0 Å². The maximum atomic E-state index is 13.3. The lowest BCUT2D eigenvalue weighted by molar-refractivity contribution is 0.0589. The van der Waals surface area contributed by atoms with Crippen molar-refractivity contribution in [2.45, 2.75) is 0 Å². The molecule has 0 spiro atoms. The predicted octanol–water partition coefficient (Wildman–Crippen LogP) is 2.32.